The molecule has 3 rings (SSSR count). The highest BCUT2D eigenvalue weighted by Gasteiger charge is 2.30. The third-order valence-corrected chi connectivity index (χ3v) is 5.03. The Morgan fingerprint density at radius 2 is 1.55 bits per heavy atom. The Labute approximate surface area is 164 Å². The van der Waals surface area contributed by atoms with Gasteiger partial charge >= 0.3 is 12.1 Å². The average Bonchev–Trinajstić information content (AvgIpc) is 3.05. The lowest BCUT2D eigenvalue weighted by molar-refractivity contribution is -0.137. The number of nitrogens with one attached hydrogen (secondary N) is 1. The molecule has 1 heterocycles. The number of halogens is 5. The van der Waals surface area contributed by atoms with Crippen molar-refractivity contribution in [1.82, 2.24) is 0 Å². The molecule has 1 aromatic heterocycles. The summed E-state index contributed by atoms with van der Waals surface area (Å²) < 4.78 is 65.6. The summed E-state index contributed by atoms with van der Waals surface area (Å²) in [7, 11) is 0. The van der Waals surface area contributed by atoms with Gasteiger partial charge in [0.05, 0.1) is 11.3 Å². The molecular formula is C19H10F5NO3S. The minimum Gasteiger partial charge on any atom is -0.477 e. The molecule has 0 spiro atoms. The third-order valence-electron chi connectivity index (χ3n) is 3.86. The van der Waals surface area contributed by atoms with Crippen LogP contribution in [0.25, 0.3) is 10.4 Å². The number of thiophene rings is 1. The van der Waals surface area contributed by atoms with Crippen LogP contribution < -0.4 is 5.32 Å². The monoisotopic (exact) mass is 427 g/mol. The van der Waals surface area contributed by atoms with Gasteiger partial charge in [0.2, 0.25) is 0 Å². The van der Waals surface area contributed by atoms with Gasteiger partial charge in [-0.1, -0.05) is 18.2 Å². The van der Waals surface area contributed by atoms with Crippen molar-refractivity contribution in [2.45, 2.75) is 6.18 Å². The second-order valence-electron chi connectivity index (χ2n) is 5.78. The second-order valence-corrected chi connectivity index (χ2v) is 6.84. The zero-order valence-corrected chi connectivity index (χ0v) is 15.0. The van der Waals surface area contributed by atoms with E-state index in [2.05, 4.69) is 5.32 Å². The minimum absolute atomic E-state index is 0.231. The van der Waals surface area contributed by atoms with Gasteiger partial charge in [0, 0.05) is 4.88 Å². The van der Waals surface area contributed by atoms with E-state index in [1.807, 2.05) is 0 Å². The van der Waals surface area contributed by atoms with Gasteiger partial charge < -0.3 is 10.4 Å². The molecule has 0 radical (unpaired) electrons. The number of anilines is 1. The van der Waals surface area contributed by atoms with Gasteiger partial charge in [-0.3, -0.25) is 4.79 Å². The highest BCUT2D eigenvalue weighted by atomic mass is 32.1. The molecule has 150 valence electrons. The summed E-state index contributed by atoms with van der Waals surface area (Å²) in [6.07, 6.45) is -4.52. The van der Waals surface area contributed by atoms with E-state index < -0.39 is 40.8 Å². The Bertz CT molecular complexity index is 1070. The first kappa shape index (κ1) is 20.5. The van der Waals surface area contributed by atoms with Crippen LogP contribution in [-0.4, -0.2) is 17.0 Å². The van der Waals surface area contributed by atoms with Crippen LogP contribution in [0.3, 0.4) is 0 Å². The summed E-state index contributed by atoms with van der Waals surface area (Å²) in [5, 5.41) is 11.5. The van der Waals surface area contributed by atoms with E-state index in [-0.39, 0.29) is 21.0 Å². The fraction of sp³-hybridized carbons (Fsp3) is 0.0526. The van der Waals surface area contributed by atoms with Gasteiger partial charge in [-0.25, -0.2) is 13.6 Å². The fourth-order valence-electron chi connectivity index (χ4n) is 2.51. The summed E-state index contributed by atoms with van der Waals surface area (Å²) in [6.45, 7) is 0. The molecule has 0 bridgehead atoms. The molecule has 0 unspecified atom stereocenters. The summed E-state index contributed by atoms with van der Waals surface area (Å²) >= 11 is 0.697. The normalized spacial score (nSPS) is 11.3. The number of rotatable bonds is 4. The van der Waals surface area contributed by atoms with Gasteiger partial charge in [-0.15, -0.1) is 11.3 Å². The van der Waals surface area contributed by atoms with Gasteiger partial charge in [0.25, 0.3) is 5.91 Å². The number of alkyl halides is 3. The van der Waals surface area contributed by atoms with Crippen LogP contribution >= 0.6 is 11.3 Å². The molecule has 0 saturated carbocycles. The molecule has 0 aliphatic carbocycles. The molecule has 10 heteroatoms. The van der Waals surface area contributed by atoms with E-state index >= 15 is 0 Å². The van der Waals surface area contributed by atoms with Crippen molar-refractivity contribution in [3.63, 3.8) is 0 Å². The van der Waals surface area contributed by atoms with Crippen molar-refractivity contribution < 1.29 is 36.6 Å². The maximum absolute atomic E-state index is 13.8. The van der Waals surface area contributed by atoms with Crippen LogP contribution in [0.4, 0.5) is 27.6 Å². The van der Waals surface area contributed by atoms with Crippen molar-refractivity contribution >= 4 is 28.9 Å². The lowest BCUT2D eigenvalue weighted by atomic mass is 10.1. The summed E-state index contributed by atoms with van der Waals surface area (Å²) in [5.74, 6) is -4.87. The Morgan fingerprint density at radius 1 is 0.966 bits per heavy atom. The van der Waals surface area contributed by atoms with Crippen LogP contribution in [0.5, 0.6) is 0 Å². The maximum Gasteiger partial charge on any atom is 0.416 e. The number of carboxylic acid groups (broad SMARTS) is 1. The Balaban J connectivity index is 1.95. The molecule has 0 aliphatic heterocycles. The number of hydrogen-bond acceptors (Lipinski definition) is 3. The van der Waals surface area contributed by atoms with Crippen LogP contribution in [-0.2, 0) is 6.18 Å². The van der Waals surface area contributed by atoms with Gasteiger partial charge in [-0.05, 0) is 35.9 Å². The van der Waals surface area contributed by atoms with Crippen molar-refractivity contribution in [3.8, 4) is 10.4 Å². The predicted octanol–water partition coefficient (Wildman–Crippen LogP) is 5.66. The molecule has 2 aromatic carbocycles. The number of hydrogen-bond donors (Lipinski definition) is 2. The van der Waals surface area contributed by atoms with Crippen molar-refractivity contribution in [3.05, 3.63) is 76.2 Å². The fourth-order valence-corrected chi connectivity index (χ4v) is 3.47. The van der Waals surface area contributed by atoms with E-state index in [1.165, 1.54) is 6.07 Å². The number of aromatic carboxylic acids is 1. The highest BCUT2D eigenvalue weighted by molar-refractivity contribution is 7.18. The zero-order valence-electron chi connectivity index (χ0n) is 14.2. The number of carbonyl (C=O) groups excluding carboxylic acids is 1. The Kier molecular flexibility index (Phi) is 5.38. The molecule has 2 N–H and O–H groups in total. The zero-order chi connectivity index (χ0) is 21.3. The van der Waals surface area contributed by atoms with Crippen LogP contribution in [0.2, 0.25) is 0 Å². The molecule has 0 saturated heterocycles. The third kappa shape index (κ3) is 4.27. The number of amides is 1. The SMILES string of the molecule is O=C(O)c1sc(-c2ccc(C(F)(F)F)cc2)cc1NC(=O)c1c(F)cccc1F. The van der Waals surface area contributed by atoms with E-state index in [9.17, 15) is 36.6 Å². The summed E-state index contributed by atoms with van der Waals surface area (Å²) in [6, 6.07) is 8.01. The molecular weight excluding hydrogens is 417 g/mol. The van der Waals surface area contributed by atoms with E-state index in [4.69, 9.17) is 0 Å². The molecule has 29 heavy (non-hydrogen) atoms. The number of carbonyl (C=O) groups is 2. The molecule has 1 amide bonds. The van der Waals surface area contributed by atoms with Gasteiger partial charge in [0.1, 0.15) is 22.1 Å². The predicted molar refractivity (Wildman–Crippen MR) is 96.0 cm³/mol. The van der Waals surface area contributed by atoms with Gasteiger partial charge in [-0.2, -0.15) is 13.2 Å². The largest absolute Gasteiger partial charge is 0.477 e. The Hall–Kier alpha value is -3.27. The first-order valence-electron chi connectivity index (χ1n) is 7.88. The van der Waals surface area contributed by atoms with Crippen LogP contribution in [0.1, 0.15) is 25.6 Å². The number of benzene rings is 2. The quantitative estimate of drug-likeness (QED) is 0.528. The summed E-state index contributed by atoms with van der Waals surface area (Å²) in [4.78, 5) is 23.6. The number of carboxylic acids is 1. The molecule has 0 atom stereocenters. The van der Waals surface area contributed by atoms with E-state index in [0.29, 0.717) is 11.3 Å². The highest BCUT2D eigenvalue weighted by Crippen LogP contribution is 2.37. The van der Waals surface area contributed by atoms with E-state index in [0.717, 1.165) is 42.5 Å². The molecule has 0 aliphatic rings. The van der Waals surface area contributed by atoms with Crippen molar-refractivity contribution in [2.24, 2.45) is 0 Å². The molecule has 0 fully saturated rings. The standard InChI is InChI=1S/C19H10F5NO3S/c20-11-2-1-3-12(21)15(11)17(26)25-13-8-14(29-16(13)18(27)28)9-4-6-10(7-5-9)19(22,23)24/h1-8H,(H,25,26)(H,27,28). The van der Waals surface area contributed by atoms with Crippen molar-refractivity contribution in [2.75, 3.05) is 5.32 Å². The van der Waals surface area contributed by atoms with Crippen molar-refractivity contribution in [1.29, 1.82) is 0 Å². The minimum atomic E-state index is -4.52. The second kappa shape index (κ2) is 7.63. The molecule has 3 aromatic rings. The molecule has 4 nitrogen and oxygen atoms in total. The summed E-state index contributed by atoms with van der Waals surface area (Å²) in [5.41, 5.74) is -1.71. The van der Waals surface area contributed by atoms with E-state index in [1.54, 1.807) is 0 Å². The van der Waals surface area contributed by atoms with Gasteiger partial charge in [0.15, 0.2) is 0 Å². The first-order chi connectivity index (χ1) is 13.6. The van der Waals surface area contributed by atoms with Crippen LogP contribution in [0, 0.1) is 11.6 Å². The maximum atomic E-state index is 13.8. The smallest absolute Gasteiger partial charge is 0.416 e. The lowest BCUT2D eigenvalue weighted by Crippen LogP contribution is -2.16. The Morgan fingerprint density at radius 3 is 2.07 bits per heavy atom. The first-order valence-corrected chi connectivity index (χ1v) is 8.69. The van der Waals surface area contributed by atoms with Crippen LogP contribution in [0.15, 0.2) is 48.5 Å². The lowest BCUT2D eigenvalue weighted by Gasteiger charge is -2.07. The topological polar surface area (TPSA) is 66.4 Å². The average molecular weight is 427 g/mol.